The highest BCUT2D eigenvalue weighted by Gasteiger charge is 2.29. The molecule has 5 nitrogen and oxygen atoms in total. The van der Waals surface area contributed by atoms with Gasteiger partial charge in [-0.25, -0.2) is 0 Å². The van der Waals surface area contributed by atoms with E-state index in [9.17, 15) is 10.1 Å². The standard InChI is InChI=1S/C16H17N3O2S/c1-10-6-7-11(8-12-9-17-16(22)18-12)15(10)13-4-2-3-5-14(13)19(20)21/h2-5,9,11H,6-8H2,1H3,(H2,17,18,22). The number of nitrogens with zero attached hydrogens (tertiary/aromatic N) is 1. The highest BCUT2D eigenvalue weighted by molar-refractivity contribution is 7.71. The van der Waals surface area contributed by atoms with Crippen molar-refractivity contribution in [3.63, 3.8) is 0 Å². The lowest BCUT2D eigenvalue weighted by Gasteiger charge is -2.15. The lowest BCUT2D eigenvalue weighted by molar-refractivity contribution is -0.385. The van der Waals surface area contributed by atoms with Crippen molar-refractivity contribution >= 4 is 23.5 Å². The van der Waals surface area contributed by atoms with Crippen LogP contribution in [0.15, 0.2) is 36.0 Å². The molecule has 0 saturated carbocycles. The Bertz CT molecular complexity index is 803. The number of nitro benzene ring substituents is 1. The average Bonchev–Trinajstić information content (AvgIpc) is 3.05. The van der Waals surface area contributed by atoms with Crippen molar-refractivity contribution in [2.75, 3.05) is 0 Å². The zero-order valence-corrected chi connectivity index (χ0v) is 13.1. The summed E-state index contributed by atoms with van der Waals surface area (Å²) in [5.74, 6) is 0.280. The number of benzene rings is 1. The smallest absolute Gasteiger partial charge is 0.276 e. The molecule has 0 radical (unpaired) electrons. The number of para-hydroxylation sites is 1. The normalized spacial score (nSPS) is 18.0. The van der Waals surface area contributed by atoms with Crippen molar-refractivity contribution < 1.29 is 4.92 Å². The molecule has 1 aromatic heterocycles. The van der Waals surface area contributed by atoms with Gasteiger partial charge in [-0.15, -0.1) is 0 Å². The van der Waals surface area contributed by atoms with Gasteiger partial charge in [0.05, 0.1) is 10.5 Å². The molecule has 0 fully saturated rings. The summed E-state index contributed by atoms with van der Waals surface area (Å²) in [6.07, 6.45) is 4.69. The second kappa shape index (κ2) is 5.88. The first-order chi connectivity index (χ1) is 10.6. The molecular formula is C16H17N3O2S. The topological polar surface area (TPSA) is 74.7 Å². The first kappa shape index (κ1) is 14.7. The molecule has 2 N–H and O–H groups in total. The predicted octanol–water partition coefficient (Wildman–Crippen LogP) is 4.41. The molecule has 3 rings (SSSR count). The first-order valence-corrected chi connectivity index (χ1v) is 7.67. The molecule has 0 saturated heterocycles. The molecule has 1 heterocycles. The highest BCUT2D eigenvalue weighted by Crippen LogP contribution is 2.43. The Kier molecular flexibility index (Phi) is 3.94. The third-order valence-electron chi connectivity index (χ3n) is 4.24. The first-order valence-electron chi connectivity index (χ1n) is 7.26. The Morgan fingerprint density at radius 3 is 2.86 bits per heavy atom. The number of allylic oxidation sites excluding steroid dienone is 2. The minimum absolute atomic E-state index is 0.186. The molecule has 1 aliphatic carbocycles. The number of aromatic amines is 2. The summed E-state index contributed by atoms with van der Waals surface area (Å²) in [4.78, 5) is 17.1. The summed E-state index contributed by atoms with van der Waals surface area (Å²) in [7, 11) is 0. The van der Waals surface area contributed by atoms with E-state index < -0.39 is 0 Å². The Balaban J connectivity index is 1.98. The summed E-state index contributed by atoms with van der Waals surface area (Å²) in [6.45, 7) is 2.07. The van der Waals surface area contributed by atoms with Gasteiger partial charge in [0.2, 0.25) is 0 Å². The zero-order chi connectivity index (χ0) is 15.7. The van der Waals surface area contributed by atoms with Crippen LogP contribution in [0.25, 0.3) is 5.57 Å². The van der Waals surface area contributed by atoms with E-state index >= 15 is 0 Å². The Morgan fingerprint density at radius 1 is 1.41 bits per heavy atom. The minimum Gasteiger partial charge on any atom is -0.337 e. The zero-order valence-electron chi connectivity index (χ0n) is 12.3. The minimum atomic E-state index is -0.297. The van der Waals surface area contributed by atoms with E-state index in [1.165, 1.54) is 5.57 Å². The van der Waals surface area contributed by atoms with Crippen LogP contribution in [-0.2, 0) is 6.42 Å². The number of nitro groups is 1. The van der Waals surface area contributed by atoms with Crippen LogP contribution < -0.4 is 0 Å². The largest absolute Gasteiger partial charge is 0.337 e. The number of nitrogens with one attached hydrogen (secondary N) is 2. The number of hydrogen-bond acceptors (Lipinski definition) is 3. The van der Waals surface area contributed by atoms with Gasteiger partial charge in [-0.1, -0.05) is 17.7 Å². The number of imidazole rings is 1. The molecular weight excluding hydrogens is 298 g/mol. The van der Waals surface area contributed by atoms with Crippen LogP contribution in [-0.4, -0.2) is 14.9 Å². The number of hydrogen-bond donors (Lipinski definition) is 2. The van der Waals surface area contributed by atoms with Crippen LogP contribution in [0, 0.1) is 20.8 Å². The van der Waals surface area contributed by atoms with Crippen molar-refractivity contribution in [3.8, 4) is 0 Å². The second-order valence-electron chi connectivity index (χ2n) is 5.68. The van der Waals surface area contributed by atoms with Gasteiger partial charge in [0.1, 0.15) is 0 Å². The van der Waals surface area contributed by atoms with Crippen LogP contribution in [0.5, 0.6) is 0 Å². The Hall–Kier alpha value is -2.21. The van der Waals surface area contributed by atoms with Crippen LogP contribution >= 0.6 is 12.2 Å². The molecule has 1 unspecified atom stereocenters. The van der Waals surface area contributed by atoms with Crippen molar-refractivity contribution in [2.24, 2.45) is 5.92 Å². The summed E-state index contributed by atoms with van der Waals surface area (Å²) in [5.41, 5.74) is 4.34. The maximum Gasteiger partial charge on any atom is 0.276 e. The van der Waals surface area contributed by atoms with Gasteiger partial charge in [0.25, 0.3) is 5.69 Å². The van der Waals surface area contributed by atoms with E-state index in [1.807, 2.05) is 18.3 Å². The maximum absolute atomic E-state index is 11.3. The monoisotopic (exact) mass is 315 g/mol. The SMILES string of the molecule is CC1=C(c2ccccc2[N+](=O)[O-])C(Cc2c[nH]c(=S)[nH]2)CC1. The number of rotatable bonds is 4. The number of H-pyrrole nitrogens is 2. The third-order valence-corrected chi connectivity index (χ3v) is 4.46. The van der Waals surface area contributed by atoms with Crippen LogP contribution in [0.1, 0.15) is 31.0 Å². The molecule has 1 aromatic carbocycles. The quantitative estimate of drug-likeness (QED) is 0.498. The van der Waals surface area contributed by atoms with Crippen molar-refractivity contribution in [1.82, 2.24) is 9.97 Å². The van der Waals surface area contributed by atoms with Gasteiger partial charge in [0.15, 0.2) is 4.77 Å². The van der Waals surface area contributed by atoms with E-state index in [2.05, 4.69) is 16.9 Å². The van der Waals surface area contributed by atoms with Gasteiger partial charge < -0.3 is 9.97 Å². The molecule has 1 atom stereocenters. The molecule has 114 valence electrons. The van der Waals surface area contributed by atoms with E-state index in [0.717, 1.165) is 36.1 Å². The second-order valence-corrected chi connectivity index (χ2v) is 6.08. The summed E-state index contributed by atoms with van der Waals surface area (Å²) < 4.78 is 0.612. The molecule has 0 amide bonds. The fourth-order valence-electron chi connectivity index (χ4n) is 3.28. The molecule has 6 heteroatoms. The summed E-state index contributed by atoms with van der Waals surface area (Å²) >= 11 is 5.06. The molecule has 0 bridgehead atoms. The molecule has 0 spiro atoms. The Morgan fingerprint density at radius 2 is 2.18 bits per heavy atom. The molecule has 1 aliphatic rings. The van der Waals surface area contributed by atoms with Gasteiger partial charge in [-0.2, -0.15) is 0 Å². The van der Waals surface area contributed by atoms with Gasteiger partial charge in [-0.3, -0.25) is 10.1 Å². The van der Waals surface area contributed by atoms with Gasteiger partial charge in [-0.05, 0) is 56.0 Å². The van der Waals surface area contributed by atoms with Crippen molar-refractivity contribution in [1.29, 1.82) is 0 Å². The van der Waals surface area contributed by atoms with Crippen LogP contribution in [0.3, 0.4) is 0 Å². The lowest BCUT2D eigenvalue weighted by atomic mass is 9.89. The fraction of sp³-hybridized carbons (Fsp3) is 0.312. The fourth-order valence-corrected chi connectivity index (χ4v) is 3.47. The maximum atomic E-state index is 11.3. The van der Waals surface area contributed by atoms with Crippen molar-refractivity contribution in [3.05, 3.63) is 62.2 Å². The molecule has 22 heavy (non-hydrogen) atoms. The summed E-state index contributed by atoms with van der Waals surface area (Å²) in [6, 6.07) is 7.01. The molecule has 0 aliphatic heterocycles. The Labute approximate surface area is 133 Å². The lowest BCUT2D eigenvalue weighted by Crippen LogP contribution is -2.06. The van der Waals surface area contributed by atoms with Crippen LogP contribution in [0.2, 0.25) is 0 Å². The van der Waals surface area contributed by atoms with E-state index in [0.29, 0.717) is 4.77 Å². The van der Waals surface area contributed by atoms with Gasteiger partial charge in [0, 0.05) is 18.0 Å². The van der Waals surface area contributed by atoms with E-state index in [-0.39, 0.29) is 16.5 Å². The highest BCUT2D eigenvalue weighted by atomic mass is 32.1. The van der Waals surface area contributed by atoms with E-state index in [4.69, 9.17) is 12.2 Å². The molecule has 2 aromatic rings. The predicted molar refractivity (Wildman–Crippen MR) is 88.1 cm³/mol. The van der Waals surface area contributed by atoms with Gasteiger partial charge >= 0.3 is 0 Å². The summed E-state index contributed by atoms with van der Waals surface area (Å²) in [5, 5.41) is 11.3. The van der Waals surface area contributed by atoms with Crippen LogP contribution in [0.4, 0.5) is 5.69 Å². The van der Waals surface area contributed by atoms with E-state index in [1.54, 1.807) is 12.1 Å². The third kappa shape index (κ3) is 2.74. The average molecular weight is 315 g/mol. The number of aromatic nitrogens is 2. The van der Waals surface area contributed by atoms with Crippen molar-refractivity contribution in [2.45, 2.75) is 26.2 Å².